The molecule has 3 nitrogen and oxygen atoms in total. The predicted octanol–water partition coefficient (Wildman–Crippen LogP) is 0.445. The van der Waals surface area contributed by atoms with E-state index >= 15 is 0 Å². The Labute approximate surface area is 72.4 Å². The maximum absolute atomic E-state index is 10.7. The van der Waals surface area contributed by atoms with Crippen molar-refractivity contribution in [2.24, 2.45) is 11.7 Å². The van der Waals surface area contributed by atoms with Gasteiger partial charge in [-0.15, -0.1) is 12.4 Å². The van der Waals surface area contributed by atoms with E-state index in [0.717, 1.165) is 12.8 Å². The summed E-state index contributed by atoms with van der Waals surface area (Å²) in [7, 11) is 0. The molecule has 3 N–H and O–H groups in total. The smallest absolute Gasteiger partial charge is 0.249 e. The van der Waals surface area contributed by atoms with Crippen LogP contribution in [0.3, 0.4) is 0 Å². The molecule has 0 heterocycles. The largest absolute Gasteiger partial charge is 0.380 e. The zero-order valence-corrected chi connectivity index (χ0v) is 7.36. The highest BCUT2D eigenvalue weighted by molar-refractivity contribution is 5.85. The molecule has 0 bridgehead atoms. The molecule has 0 aromatic rings. The van der Waals surface area contributed by atoms with Crippen molar-refractivity contribution >= 4 is 18.3 Å². The molecule has 1 rings (SSSR count). The van der Waals surface area contributed by atoms with Crippen LogP contribution in [0.5, 0.6) is 0 Å². The lowest BCUT2D eigenvalue weighted by Crippen LogP contribution is -2.45. The van der Waals surface area contributed by atoms with Crippen LogP contribution in [0, 0.1) is 5.92 Å². The molecule has 0 spiro atoms. The number of carbonyl (C=O) groups excluding carboxylic acids is 1. The molecule has 1 aliphatic rings. The number of primary amides is 1. The van der Waals surface area contributed by atoms with Crippen molar-refractivity contribution in [2.45, 2.75) is 31.8 Å². The highest BCUT2D eigenvalue weighted by Crippen LogP contribution is 2.41. The molecule has 4 heteroatoms. The van der Waals surface area contributed by atoms with Crippen molar-refractivity contribution in [3.63, 3.8) is 0 Å². The lowest BCUT2D eigenvalue weighted by Gasteiger charge is -2.21. The molecular weight excluding hydrogens is 166 g/mol. The van der Waals surface area contributed by atoms with Crippen LogP contribution < -0.4 is 5.73 Å². The Kier molecular flexibility index (Phi) is 3.32. The third kappa shape index (κ3) is 1.84. The van der Waals surface area contributed by atoms with Gasteiger partial charge < -0.3 is 10.8 Å². The second-order valence-electron chi connectivity index (χ2n) is 2.92. The molecule has 1 amide bonds. The first-order valence-electron chi connectivity index (χ1n) is 3.63. The number of nitrogens with two attached hydrogens (primary N) is 1. The minimum absolute atomic E-state index is 0. The van der Waals surface area contributed by atoms with Gasteiger partial charge in [-0.2, -0.15) is 0 Å². The number of hydrogen-bond donors (Lipinski definition) is 2. The van der Waals surface area contributed by atoms with Gasteiger partial charge in [0, 0.05) is 0 Å². The topological polar surface area (TPSA) is 63.3 Å². The number of halogens is 1. The summed E-state index contributed by atoms with van der Waals surface area (Å²) in [4.78, 5) is 10.7. The third-order valence-corrected chi connectivity index (χ3v) is 2.22. The summed E-state index contributed by atoms with van der Waals surface area (Å²) in [5, 5.41) is 9.56. The van der Waals surface area contributed by atoms with E-state index in [4.69, 9.17) is 5.73 Å². The Morgan fingerprint density at radius 3 is 2.27 bits per heavy atom. The number of carbonyl (C=O) groups is 1. The van der Waals surface area contributed by atoms with E-state index in [1.54, 1.807) is 6.92 Å². The molecule has 1 saturated carbocycles. The summed E-state index contributed by atoms with van der Waals surface area (Å²) in [5.74, 6) is -0.438. The summed E-state index contributed by atoms with van der Waals surface area (Å²) < 4.78 is 0. The fraction of sp³-hybridized carbons (Fsp3) is 0.857. The minimum Gasteiger partial charge on any atom is -0.380 e. The molecule has 0 aliphatic heterocycles. The molecule has 1 fully saturated rings. The van der Waals surface area contributed by atoms with E-state index in [-0.39, 0.29) is 18.3 Å². The minimum atomic E-state index is -1.21. The van der Waals surface area contributed by atoms with Crippen LogP contribution in [0.2, 0.25) is 0 Å². The molecule has 11 heavy (non-hydrogen) atoms. The maximum Gasteiger partial charge on any atom is 0.249 e. The predicted molar refractivity (Wildman–Crippen MR) is 44.4 cm³/mol. The van der Waals surface area contributed by atoms with Crippen molar-refractivity contribution < 1.29 is 9.90 Å². The molecule has 66 valence electrons. The fourth-order valence-corrected chi connectivity index (χ4v) is 1.22. The van der Waals surface area contributed by atoms with E-state index in [0.29, 0.717) is 6.42 Å². The van der Waals surface area contributed by atoms with E-state index in [1.165, 1.54) is 0 Å². The number of aliphatic hydroxyl groups is 1. The molecule has 1 aliphatic carbocycles. The quantitative estimate of drug-likeness (QED) is 0.661. The second-order valence-corrected chi connectivity index (χ2v) is 2.92. The first-order valence-corrected chi connectivity index (χ1v) is 3.63. The van der Waals surface area contributed by atoms with E-state index in [9.17, 15) is 9.90 Å². The molecule has 1 unspecified atom stereocenters. The van der Waals surface area contributed by atoms with Crippen LogP contribution >= 0.6 is 12.4 Å². The van der Waals surface area contributed by atoms with Crippen molar-refractivity contribution in [3.8, 4) is 0 Å². The average Bonchev–Trinajstić information content (AvgIpc) is 2.67. The van der Waals surface area contributed by atoms with Crippen molar-refractivity contribution in [3.05, 3.63) is 0 Å². The van der Waals surface area contributed by atoms with E-state index in [1.807, 2.05) is 0 Å². The number of hydrogen-bond acceptors (Lipinski definition) is 2. The highest BCUT2D eigenvalue weighted by Gasteiger charge is 2.46. The van der Waals surface area contributed by atoms with Gasteiger partial charge in [-0.25, -0.2) is 0 Å². The van der Waals surface area contributed by atoms with Crippen molar-refractivity contribution in [1.82, 2.24) is 0 Å². The number of amides is 1. The summed E-state index contributed by atoms with van der Waals surface area (Å²) in [5.41, 5.74) is 3.83. The van der Waals surface area contributed by atoms with Gasteiger partial charge in [0.15, 0.2) is 0 Å². The lowest BCUT2D eigenvalue weighted by molar-refractivity contribution is -0.138. The van der Waals surface area contributed by atoms with Crippen LogP contribution in [0.4, 0.5) is 0 Å². The summed E-state index contributed by atoms with van der Waals surface area (Å²) in [6.07, 6.45) is 2.31. The van der Waals surface area contributed by atoms with Gasteiger partial charge in [-0.05, 0) is 25.2 Å². The van der Waals surface area contributed by atoms with Crippen molar-refractivity contribution in [2.75, 3.05) is 0 Å². The van der Waals surface area contributed by atoms with Gasteiger partial charge in [0.2, 0.25) is 5.91 Å². The lowest BCUT2D eigenvalue weighted by atomic mass is 9.94. The molecule has 0 radical (unpaired) electrons. The van der Waals surface area contributed by atoms with Crippen molar-refractivity contribution in [1.29, 1.82) is 0 Å². The Morgan fingerprint density at radius 1 is 1.73 bits per heavy atom. The SMILES string of the molecule is CCC(O)(C(N)=O)C1CC1.Cl. The highest BCUT2D eigenvalue weighted by atomic mass is 35.5. The Balaban J connectivity index is 0.000001000. The Morgan fingerprint density at radius 2 is 2.18 bits per heavy atom. The maximum atomic E-state index is 10.7. The zero-order chi connectivity index (χ0) is 7.78. The Hall–Kier alpha value is -0.280. The molecule has 0 aromatic heterocycles. The standard InChI is InChI=1S/C7H13NO2.ClH/c1-2-7(10,6(8)9)5-3-4-5;/h5,10H,2-4H2,1H3,(H2,8,9);1H. The summed E-state index contributed by atoms with van der Waals surface area (Å²) in [6, 6.07) is 0. The normalized spacial score (nSPS) is 21.6. The van der Waals surface area contributed by atoms with Crippen LogP contribution in [0.25, 0.3) is 0 Å². The van der Waals surface area contributed by atoms with Gasteiger partial charge in [-0.3, -0.25) is 4.79 Å². The van der Waals surface area contributed by atoms with Crippen LogP contribution in [0.1, 0.15) is 26.2 Å². The average molecular weight is 180 g/mol. The summed E-state index contributed by atoms with van der Waals surface area (Å²) >= 11 is 0. The van der Waals surface area contributed by atoms with E-state index in [2.05, 4.69) is 0 Å². The monoisotopic (exact) mass is 179 g/mol. The molecule has 0 saturated heterocycles. The first kappa shape index (κ1) is 10.7. The van der Waals surface area contributed by atoms with Gasteiger partial charge in [-0.1, -0.05) is 6.92 Å². The van der Waals surface area contributed by atoms with Gasteiger partial charge in [0.25, 0.3) is 0 Å². The van der Waals surface area contributed by atoms with Crippen LogP contribution in [-0.2, 0) is 4.79 Å². The van der Waals surface area contributed by atoms with Gasteiger partial charge in [0.05, 0.1) is 0 Å². The fourth-order valence-electron chi connectivity index (χ4n) is 1.22. The number of rotatable bonds is 3. The molecule has 1 atom stereocenters. The summed E-state index contributed by atoms with van der Waals surface area (Å²) in [6.45, 7) is 1.78. The third-order valence-electron chi connectivity index (χ3n) is 2.22. The van der Waals surface area contributed by atoms with Crippen LogP contribution in [0.15, 0.2) is 0 Å². The van der Waals surface area contributed by atoms with Gasteiger partial charge >= 0.3 is 0 Å². The zero-order valence-electron chi connectivity index (χ0n) is 6.54. The first-order chi connectivity index (χ1) is 4.61. The molecular formula is C7H14ClNO2. The molecule has 0 aromatic carbocycles. The van der Waals surface area contributed by atoms with Gasteiger partial charge in [0.1, 0.15) is 5.60 Å². The Bertz CT molecular complexity index is 159. The second kappa shape index (κ2) is 3.41. The van der Waals surface area contributed by atoms with Crippen LogP contribution in [-0.4, -0.2) is 16.6 Å². The van der Waals surface area contributed by atoms with E-state index < -0.39 is 11.5 Å².